The molecule has 116 valence electrons. The fourth-order valence-corrected chi connectivity index (χ4v) is 3.66. The van der Waals surface area contributed by atoms with Gasteiger partial charge in [0.15, 0.2) is 0 Å². The van der Waals surface area contributed by atoms with Gasteiger partial charge >= 0.3 is 0 Å². The summed E-state index contributed by atoms with van der Waals surface area (Å²) in [5, 5.41) is 0. The molecule has 0 aromatic heterocycles. The van der Waals surface area contributed by atoms with Crippen LogP contribution in [0.2, 0.25) is 0 Å². The first-order valence-electron chi connectivity index (χ1n) is 8.39. The van der Waals surface area contributed by atoms with Gasteiger partial charge in [-0.2, -0.15) is 9.48 Å². The number of rotatable bonds is 5. The van der Waals surface area contributed by atoms with Crippen LogP contribution < -0.4 is 0 Å². The van der Waals surface area contributed by atoms with E-state index in [0.29, 0.717) is 12.0 Å². The van der Waals surface area contributed by atoms with Gasteiger partial charge in [-0.1, -0.05) is 44.2 Å². The Bertz CT molecular complexity index is 448. The van der Waals surface area contributed by atoms with Crippen LogP contribution >= 0.6 is 0 Å². The van der Waals surface area contributed by atoms with Gasteiger partial charge in [-0.15, -0.1) is 0 Å². The van der Waals surface area contributed by atoms with Gasteiger partial charge in [-0.25, -0.2) is 0 Å². The molecule has 2 saturated heterocycles. The Labute approximate surface area is 128 Å². The Kier molecular flexibility index (Phi) is 4.63. The van der Waals surface area contributed by atoms with E-state index in [4.69, 9.17) is 9.57 Å². The molecule has 0 N–H and O–H groups in total. The van der Waals surface area contributed by atoms with Crippen molar-refractivity contribution in [2.75, 3.05) is 13.2 Å². The molecule has 0 bridgehead atoms. The molecule has 3 atom stereocenters. The molecule has 0 aliphatic carbocycles. The van der Waals surface area contributed by atoms with Crippen molar-refractivity contribution in [1.82, 2.24) is 0 Å². The maximum atomic E-state index is 6.42. The van der Waals surface area contributed by atoms with Gasteiger partial charge < -0.3 is 4.74 Å². The molecule has 3 heteroatoms. The standard InChI is InChI=1S/C18H28NO2/c1-15(2)14-20-18-12-17-10-6-7-11-19(17,21-18)13-16-8-4-3-5-9-16/h3-5,8-9,15,17-18H,6-7,10-14H2,1-2H3/q+1/t17-,18-,19?/m1/s1. The summed E-state index contributed by atoms with van der Waals surface area (Å²) in [7, 11) is 0. The van der Waals surface area contributed by atoms with E-state index in [0.717, 1.165) is 30.8 Å². The predicted octanol–water partition coefficient (Wildman–Crippen LogP) is 3.89. The molecule has 0 spiro atoms. The fourth-order valence-electron chi connectivity index (χ4n) is 3.66. The largest absolute Gasteiger partial charge is 0.347 e. The van der Waals surface area contributed by atoms with Gasteiger partial charge in [0.05, 0.1) is 13.0 Å². The SMILES string of the molecule is CC(C)CO[C@H]1C[C@H]2CCCC[N+]2(Cc2ccccc2)O1. The van der Waals surface area contributed by atoms with E-state index in [1.54, 1.807) is 0 Å². The van der Waals surface area contributed by atoms with Gasteiger partial charge in [0.1, 0.15) is 19.1 Å². The lowest BCUT2D eigenvalue weighted by Gasteiger charge is -2.39. The fraction of sp³-hybridized carbons (Fsp3) is 0.667. The van der Waals surface area contributed by atoms with Gasteiger partial charge in [0.2, 0.25) is 6.29 Å². The number of hydroxylamine groups is 3. The van der Waals surface area contributed by atoms with Gasteiger partial charge in [-0.05, 0) is 18.8 Å². The van der Waals surface area contributed by atoms with Crippen molar-refractivity contribution in [3.63, 3.8) is 0 Å². The topological polar surface area (TPSA) is 18.5 Å². The molecule has 3 rings (SSSR count). The molecular formula is C18H28NO2+. The normalized spacial score (nSPS) is 32.3. The number of fused-ring (bicyclic) bond motifs is 1. The zero-order valence-corrected chi connectivity index (χ0v) is 13.3. The first kappa shape index (κ1) is 15.0. The van der Waals surface area contributed by atoms with E-state index >= 15 is 0 Å². The minimum absolute atomic E-state index is 0.0146. The predicted molar refractivity (Wildman–Crippen MR) is 83.2 cm³/mol. The van der Waals surface area contributed by atoms with Crippen LogP contribution in [0.1, 0.15) is 45.1 Å². The number of quaternary nitrogens is 1. The minimum Gasteiger partial charge on any atom is -0.347 e. The molecule has 21 heavy (non-hydrogen) atoms. The van der Waals surface area contributed by atoms with Crippen molar-refractivity contribution in [3.05, 3.63) is 35.9 Å². The van der Waals surface area contributed by atoms with E-state index in [9.17, 15) is 0 Å². The van der Waals surface area contributed by atoms with E-state index in [1.165, 1.54) is 24.8 Å². The maximum Gasteiger partial charge on any atom is 0.221 e. The first-order chi connectivity index (χ1) is 10.2. The number of hydrogen-bond donors (Lipinski definition) is 0. The van der Waals surface area contributed by atoms with E-state index in [2.05, 4.69) is 44.2 Å². The highest BCUT2D eigenvalue weighted by Crippen LogP contribution is 2.39. The number of piperidine rings is 1. The summed E-state index contributed by atoms with van der Waals surface area (Å²) in [5.74, 6) is 0.564. The van der Waals surface area contributed by atoms with Crippen molar-refractivity contribution in [3.8, 4) is 0 Å². The zero-order valence-electron chi connectivity index (χ0n) is 13.3. The molecule has 0 amide bonds. The second-order valence-corrected chi connectivity index (χ2v) is 6.97. The molecule has 2 heterocycles. The van der Waals surface area contributed by atoms with Crippen LogP contribution in [0.5, 0.6) is 0 Å². The maximum absolute atomic E-state index is 6.42. The molecule has 2 aliphatic heterocycles. The van der Waals surface area contributed by atoms with Crippen molar-refractivity contribution < 1.29 is 14.2 Å². The van der Waals surface area contributed by atoms with Crippen LogP contribution in [-0.2, 0) is 16.1 Å². The first-order valence-corrected chi connectivity index (χ1v) is 8.39. The summed E-state index contributed by atoms with van der Waals surface area (Å²) in [4.78, 5) is 6.42. The number of benzene rings is 1. The van der Waals surface area contributed by atoms with Crippen LogP contribution in [-0.4, -0.2) is 30.1 Å². The van der Waals surface area contributed by atoms with Crippen LogP contribution in [0.25, 0.3) is 0 Å². The lowest BCUT2D eigenvalue weighted by atomic mass is 9.98. The van der Waals surface area contributed by atoms with Crippen molar-refractivity contribution in [2.45, 2.75) is 58.4 Å². The Morgan fingerprint density at radius 1 is 1.24 bits per heavy atom. The Hall–Kier alpha value is -0.900. The molecule has 2 fully saturated rings. The highest BCUT2D eigenvalue weighted by Gasteiger charge is 2.51. The third-order valence-corrected chi connectivity index (χ3v) is 4.69. The van der Waals surface area contributed by atoms with Crippen LogP contribution in [0.3, 0.4) is 0 Å². The van der Waals surface area contributed by atoms with E-state index in [1.807, 2.05) is 0 Å². The monoisotopic (exact) mass is 290 g/mol. The summed E-state index contributed by atoms with van der Waals surface area (Å²) in [6.07, 6.45) is 4.91. The van der Waals surface area contributed by atoms with Crippen molar-refractivity contribution in [2.24, 2.45) is 5.92 Å². The molecule has 0 saturated carbocycles. The molecular weight excluding hydrogens is 262 g/mol. The molecule has 1 aromatic rings. The molecule has 1 aromatic carbocycles. The van der Waals surface area contributed by atoms with Crippen LogP contribution in [0.15, 0.2) is 30.3 Å². The number of ether oxygens (including phenoxy) is 1. The quantitative estimate of drug-likeness (QED) is 0.766. The summed E-state index contributed by atoms with van der Waals surface area (Å²) in [5.41, 5.74) is 1.37. The van der Waals surface area contributed by atoms with Crippen LogP contribution in [0.4, 0.5) is 0 Å². The average molecular weight is 290 g/mol. The lowest BCUT2D eigenvalue weighted by molar-refractivity contribution is -1.13. The summed E-state index contributed by atoms with van der Waals surface area (Å²) in [6.45, 7) is 7.28. The molecule has 1 unspecified atom stereocenters. The third-order valence-electron chi connectivity index (χ3n) is 4.69. The summed E-state index contributed by atoms with van der Waals surface area (Å²) >= 11 is 0. The summed E-state index contributed by atoms with van der Waals surface area (Å²) < 4.78 is 6.77. The van der Waals surface area contributed by atoms with Gasteiger partial charge in [-0.3, -0.25) is 0 Å². The molecule has 3 nitrogen and oxygen atoms in total. The number of hydrogen-bond acceptors (Lipinski definition) is 2. The van der Waals surface area contributed by atoms with Crippen LogP contribution in [0, 0.1) is 5.92 Å². The number of nitrogens with zero attached hydrogens (tertiary/aromatic N) is 1. The van der Waals surface area contributed by atoms with Crippen molar-refractivity contribution in [1.29, 1.82) is 0 Å². The van der Waals surface area contributed by atoms with Gasteiger partial charge in [0, 0.05) is 12.0 Å². The molecule has 0 radical (unpaired) electrons. The Morgan fingerprint density at radius 2 is 2.05 bits per heavy atom. The Balaban J connectivity index is 1.70. The van der Waals surface area contributed by atoms with Crippen molar-refractivity contribution >= 4 is 0 Å². The average Bonchev–Trinajstić information content (AvgIpc) is 2.84. The highest BCUT2D eigenvalue weighted by atomic mass is 16.8. The highest BCUT2D eigenvalue weighted by molar-refractivity contribution is 5.13. The Morgan fingerprint density at radius 3 is 2.81 bits per heavy atom. The molecule has 2 aliphatic rings. The third kappa shape index (κ3) is 3.47. The minimum atomic E-state index is -0.0146. The lowest BCUT2D eigenvalue weighted by Crippen LogP contribution is -2.52. The zero-order chi connectivity index (χ0) is 14.7. The second-order valence-electron chi connectivity index (χ2n) is 6.97. The smallest absolute Gasteiger partial charge is 0.221 e. The van der Waals surface area contributed by atoms with Gasteiger partial charge in [0.25, 0.3) is 0 Å². The van der Waals surface area contributed by atoms with E-state index in [-0.39, 0.29) is 6.29 Å². The van der Waals surface area contributed by atoms with E-state index < -0.39 is 0 Å². The summed E-state index contributed by atoms with van der Waals surface area (Å²) in [6, 6.07) is 11.4. The second kappa shape index (κ2) is 6.47.